The van der Waals surface area contributed by atoms with Gasteiger partial charge in [0, 0.05) is 18.3 Å². The van der Waals surface area contributed by atoms with Gasteiger partial charge in [-0.25, -0.2) is 9.78 Å². The van der Waals surface area contributed by atoms with Crippen molar-refractivity contribution in [3.05, 3.63) is 94.6 Å². The number of aryl methyl sites for hydroxylation is 1. The van der Waals surface area contributed by atoms with Gasteiger partial charge in [-0.15, -0.1) is 0 Å². The summed E-state index contributed by atoms with van der Waals surface area (Å²) in [5, 5.41) is 0. The Hall–Kier alpha value is -3.67. The number of aromatic nitrogens is 2. The van der Waals surface area contributed by atoms with E-state index in [1.807, 2.05) is 37.3 Å². The summed E-state index contributed by atoms with van der Waals surface area (Å²) in [6.07, 6.45) is 6.36. The highest BCUT2D eigenvalue weighted by Crippen LogP contribution is 2.13. The molecule has 1 aromatic carbocycles. The van der Waals surface area contributed by atoms with Gasteiger partial charge >= 0.3 is 5.97 Å². The van der Waals surface area contributed by atoms with Crippen molar-refractivity contribution in [1.29, 1.82) is 0 Å². The third-order valence-corrected chi connectivity index (χ3v) is 3.88. The van der Waals surface area contributed by atoms with Crippen LogP contribution in [0.5, 0.6) is 5.75 Å². The van der Waals surface area contributed by atoms with Gasteiger partial charge in [-0.05, 0) is 42.3 Å². The van der Waals surface area contributed by atoms with Crippen molar-refractivity contribution < 1.29 is 14.3 Å². The second kappa shape index (κ2) is 8.81. The number of fused-ring (bicyclic) bond motifs is 1. The minimum Gasteiger partial charge on any atom is -0.490 e. The molecule has 0 atom stereocenters. The molecule has 0 amide bonds. The van der Waals surface area contributed by atoms with E-state index in [1.165, 1.54) is 16.5 Å². The Morgan fingerprint density at radius 1 is 1.21 bits per heavy atom. The highest BCUT2D eigenvalue weighted by molar-refractivity contribution is 5.87. The van der Waals surface area contributed by atoms with Crippen LogP contribution < -0.4 is 10.3 Å². The average molecular weight is 376 g/mol. The summed E-state index contributed by atoms with van der Waals surface area (Å²) in [5.74, 6) is 0.210. The standard InChI is InChI=1S/C22H20N2O4/c1-3-12-27-19-8-5-17(6-9-19)7-11-22(26)28-15-18-13-21(25)24-14-16(2)4-10-20(24)23-18/h3-11,13-14H,1,12,15H2,2H3/b11-7+. The lowest BCUT2D eigenvalue weighted by Gasteiger charge is -2.05. The molecule has 2 aromatic heterocycles. The molecule has 2 heterocycles. The molecule has 0 aliphatic rings. The van der Waals surface area contributed by atoms with Gasteiger partial charge in [0.15, 0.2) is 0 Å². The number of esters is 1. The van der Waals surface area contributed by atoms with Gasteiger partial charge in [-0.1, -0.05) is 30.9 Å². The number of rotatable bonds is 7. The van der Waals surface area contributed by atoms with Crippen molar-refractivity contribution in [1.82, 2.24) is 9.38 Å². The summed E-state index contributed by atoms with van der Waals surface area (Å²) in [6.45, 7) is 5.86. The number of benzene rings is 1. The van der Waals surface area contributed by atoms with E-state index in [0.717, 1.165) is 16.9 Å². The average Bonchev–Trinajstić information content (AvgIpc) is 2.70. The molecule has 3 rings (SSSR count). The Kier molecular flexibility index (Phi) is 6.01. The molecule has 0 aliphatic heterocycles. The first-order valence-corrected chi connectivity index (χ1v) is 8.73. The maximum atomic E-state index is 12.2. The number of hydrogen-bond donors (Lipinski definition) is 0. The third-order valence-electron chi connectivity index (χ3n) is 3.88. The van der Waals surface area contributed by atoms with Gasteiger partial charge < -0.3 is 9.47 Å². The first-order chi connectivity index (χ1) is 13.5. The second-order valence-corrected chi connectivity index (χ2v) is 6.13. The fourth-order valence-electron chi connectivity index (χ4n) is 2.52. The van der Waals surface area contributed by atoms with Crippen LogP contribution in [-0.2, 0) is 16.1 Å². The summed E-state index contributed by atoms with van der Waals surface area (Å²) in [5.41, 5.74) is 2.49. The van der Waals surface area contributed by atoms with E-state index in [0.29, 0.717) is 17.9 Å². The lowest BCUT2D eigenvalue weighted by atomic mass is 10.2. The van der Waals surface area contributed by atoms with Gasteiger partial charge in [-0.2, -0.15) is 0 Å². The lowest BCUT2D eigenvalue weighted by molar-refractivity contribution is -0.139. The van der Waals surface area contributed by atoms with Crippen LogP contribution >= 0.6 is 0 Å². The van der Waals surface area contributed by atoms with E-state index in [1.54, 1.807) is 24.4 Å². The van der Waals surface area contributed by atoms with Crippen molar-refractivity contribution >= 4 is 17.7 Å². The third kappa shape index (κ3) is 4.94. The van der Waals surface area contributed by atoms with Crippen LogP contribution in [0.4, 0.5) is 0 Å². The fraction of sp³-hybridized carbons (Fsp3) is 0.136. The van der Waals surface area contributed by atoms with Crippen molar-refractivity contribution in [3.63, 3.8) is 0 Å². The molecule has 3 aromatic rings. The minimum atomic E-state index is -0.516. The Labute approximate surface area is 162 Å². The van der Waals surface area contributed by atoms with Crippen LogP contribution in [0.3, 0.4) is 0 Å². The van der Waals surface area contributed by atoms with E-state index in [2.05, 4.69) is 11.6 Å². The minimum absolute atomic E-state index is 0.0723. The lowest BCUT2D eigenvalue weighted by Crippen LogP contribution is -2.16. The van der Waals surface area contributed by atoms with Gasteiger partial charge in [-0.3, -0.25) is 9.20 Å². The zero-order chi connectivity index (χ0) is 19.9. The van der Waals surface area contributed by atoms with Crippen molar-refractivity contribution in [2.75, 3.05) is 6.61 Å². The van der Waals surface area contributed by atoms with Crippen LogP contribution in [-0.4, -0.2) is 22.0 Å². The zero-order valence-corrected chi connectivity index (χ0v) is 15.5. The van der Waals surface area contributed by atoms with Crippen LogP contribution in [0.25, 0.3) is 11.7 Å². The summed E-state index contributed by atoms with van der Waals surface area (Å²) in [7, 11) is 0. The van der Waals surface area contributed by atoms with Crippen molar-refractivity contribution in [3.8, 4) is 5.75 Å². The highest BCUT2D eigenvalue weighted by Gasteiger charge is 2.05. The molecule has 0 aliphatic carbocycles. The zero-order valence-electron chi connectivity index (χ0n) is 15.5. The smallest absolute Gasteiger partial charge is 0.331 e. The number of carbonyl (C=O) groups is 1. The van der Waals surface area contributed by atoms with Gasteiger partial charge in [0.1, 0.15) is 24.6 Å². The topological polar surface area (TPSA) is 69.9 Å². The van der Waals surface area contributed by atoms with Crippen molar-refractivity contribution in [2.45, 2.75) is 13.5 Å². The molecule has 0 unspecified atom stereocenters. The number of nitrogens with zero attached hydrogens (tertiary/aromatic N) is 2. The molecule has 6 nitrogen and oxygen atoms in total. The van der Waals surface area contributed by atoms with E-state index >= 15 is 0 Å². The molecule has 0 spiro atoms. The van der Waals surface area contributed by atoms with Crippen LogP contribution in [0.15, 0.2) is 72.2 Å². The molecule has 142 valence electrons. The molecule has 0 bridgehead atoms. The molecule has 0 fully saturated rings. The largest absolute Gasteiger partial charge is 0.490 e. The highest BCUT2D eigenvalue weighted by atomic mass is 16.5. The SMILES string of the molecule is C=CCOc1ccc(/C=C/C(=O)OCc2cc(=O)n3cc(C)ccc3n2)cc1. The first-order valence-electron chi connectivity index (χ1n) is 8.73. The molecular formula is C22H20N2O4. The summed E-state index contributed by atoms with van der Waals surface area (Å²) in [6, 6.07) is 12.3. The summed E-state index contributed by atoms with van der Waals surface area (Å²) in [4.78, 5) is 28.4. The van der Waals surface area contributed by atoms with Gasteiger partial charge in [0.25, 0.3) is 5.56 Å². The second-order valence-electron chi connectivity index (χ2n) is 6.13. The number of pyridine rings is 1. The van der Waals surface area contributed by atoms with Crippen LogP contribution in [0.2, 0.25) is 0 Å². The molecule has 0 saturated heterocycles. The Bertz CT molecular complexity index is 1080. The van der Waals surface area contributed by atoms with E-state index in [-0.39, 0.29) is 12.2 Å². The van der Waals surface area contributed by atoms with E-state index < -0.39 is 5.97 Å². The number of hydrogen-bond acceptors (Lipinski definition) is 5. The van der Waals surface area contributed by atoms with Gasteiger partial charge in [0.05, 0.1) is 5.69 Å². The Morgan fingerprint density at radius 2 is 2.00 bits per heavy atom. The monoisotopic (exact) mass is 376 g/mol. The maximum absolute atomic E-state index is 12.2. The van der Waals surface area contributed by atoms with Crippen molar-refractivity contribution in [2.24, 2.45) is 0 Å². The Morgan fingerprint density at radius 3 is 2.75 bits per heavy atom. The first kappa shape index (κ1) is 19.1. The quantitative estimate of drug-likeness (QED) is 0.359. The summed E-state index contributed by atoms with van der Waals surface area (Å²) >= 11 is 0. The number of ether oxygens (including phenoxy) is 2. The maximum Gasteiger partial charge on any atom is 0.331 e. The molecule has 0 N–H and O–H groups in total. The normalized spacial score (nSPS) is 10.9. The molecule has 28 heavy (non-hydrogen) atoms. The van der Waals surface area contributed by atoms with Crippen LogP contribution in [0, 0.1) is 6.92 Å². The summed E-state index contributed by atoms with van der Waals surface area (Å²) < 4.78 is 12.0. The Balaban J connectivity index is 1.60. The van der Waals surface area contributed by atoms with Crippen LogP contribution in [0.1, 0.15) is 16.8 Å². The fourth-order valence-corrected chi connectivity index (χ4v) is 2.52. The predicted octanol–water partition coefficient (Wildman–Crippen LogP) is 3.32. The number of carbonyl (C=O) groups excluding carboxylic acids is 1. The van der Waals surface area contributed by atoms with E-state index in [4.69, 9.17) is 9.47 Å². The van der Waals surface area contributed by atoms with Gasteiger partial charge in [0.2, 0.25) is 0 Å². The molecular weight excluding hydrogens is 356 g/mol. The predicted molar refractivity (Wildman–Crippen MR) is 107 cm³/mol. The molecule has 0 radical (unpaired) electrons. The molecule has 6 heteroatoms. The molecule has 0 saturated carbocycles. The van der Waals surface area contributed by atoms with E-state index in [9.17, 15) is 9.59 Å².